The molecule has 1 rings (SSSR count). The molecule has 0 heterocycles. The molecular formula is C15H24O2. The van der Waals surface area contributed by atoms with Crippen LogP contribution >= 0.6 is 0 Å². The molecule has 0 spiro atoms. The zero-order chi connectivity index (χ0) is 12.7. The lowest BCUT2D eigenvalue weighted by atomic mass is 10.0. The lowest BCUT2D eigenvalue weighted by molar-refractivity contribution is 0.0130. The Balaban J connectivity index is 2.41. The molecule has 96 valence electrons. The van der Waals surface area contributed by atoms with E-state index in [-0.39, 0.29) is 0 Å². The molecule has 0 aliphatic heterocycles. The van der Waals surface area contributed by atoms with E-state index in [2.05, 4.69) is 31.2 Å². The van der Waals surface area contributed by atoms with Crippen molar-refractivity contribution >= 4 is 0 Å². The molecule has 0 aliphatic carbocycles. The van der Waals surface area contributed by atoms with Crippen molar-refractivity contribution in [3.05, 3.63) is 35.4 Å². The molecule has 0 saturated heterocycles. The minimum absolute atomic E-state index is 0.589. The van der Waals surface area contributed by atoms with Gasteiger partial charge in [-0.15, -0.1) is 0 Å². The molecular weight excluding hydrogens is 212 g/mol. The van der Waals surface area contributed by atoms with Gasteiger partial charge in [-0.25, -0.2) is 0 Å². The quantitative estimate of drug-likeness (QED) is 0.764. The summed E-state index contributed by atoms with van der Waals surface area (Å²) in [5.41, 5.74) is 2.59. The molecule has 0 saturated carbocycles. The van der Waals surface area contributed by atoms with Gasteiger partial charge in [0, 0.05) is 0 Å². The molecule has 2 nitrogen and oxygen atoms in total. The predicted molar refractivity (Wildman–Crippen MR) is 71.1 cm³/mol. The van der Waals surface area contributed by atoms with Crippen molar-refractivity contribution in [1.29, 1.82) is 0 Å². The van der Waals surface area contributed by atoms with Crippen molar-refractivity contribution in [2.75, 3.05) is 0 Å². The number of rotatable bonds is 7. The second kappa shape index (κ2) is 7.46. The standard InChI is InChI=1S/C15H24O2/c1-3-5-12-6-8-13(9-7-12)10-11-15(17)14(16)4-2/h6-9,14-17H,3-5,10-11H2,1-2H3. The summed E-state index contributed by atoms with van der Waals surface area (Å²) in [7, 11) is 0. The number of benzene rings is 1. The highest BCUT2D eigenvalue weighted by Gasteiger charge is 2.13. The fraction of sp³-hybridized carbons (Fsp3) is 0.600. The largest absolute Gasteiger partial charge is 0.390 e. The number of hydrogen-bond donors (Lipinski definition) is 2. The third-order valence-electron chi connectivity index (χ3n) is 3.15. The normalized spacial score (nSPS) is 14.6. The lowest BCUT2D eigenvalue weighted by Crippen LogP contribution is -2.25. The maximum absolute atomic E-state index is 9.67. The van der Waals surface area contributed by atoms with Crippen molar-refractivity contribution in [3.63, 3.8) is 0 Å². The van der Waals surface area contributed by atoms with E-state index in [0.29, 0.717) is 12.8 Å². The van der Waals surface area contributed by atoms with Crippen LogP contribution in [-0.4, -0.2) is 22.4 Å². The molecule has 0 bridgehead atoms. The van der Waals surface area contributed by atoms with Gasteiger partial charge in [-0.05, 0) is 36.8 Å². The third kappa shape index (κ3) is 4.88. The van der Waals surface area contributed by atoms with Crippen LogP contribution in [0.25, 0.3) is 0 Å². The Morgan fingerprint density at radius 2 is 1.41 bits per heavy atom. The Morgan fingerprint density at radius 1 is 0.882 bits per heavy atom. The van der Waals surface area contributed by atoms with Crippen LogP contribution < -0.4 is 0 Å². The van der Waals surface area contributed by atoms with Crippen LogP contribution in [0.5, 0.6) is 0 Å². The Bertz CT molecular complexity index is 305. The van der Waals surface area contributed by atoms with E-state index in [0.717, 1.165) is 12.8 Å². The zero-order valence-electron chi connectivity index (χ0n) is 10.9. The topological polar surface area (TPSA) is 40.5 Å². The second-order valence-corrected chi connectivity index (χ2v) is 4.65. The first-order valence-electron chi connectivity index (χ1n) is 6.61. The van der Waals surface area contributed by atoms with E-state index in [1.165, 1.54) is 17.5 Å². The maximum Gasteiger partial charge on any atom is 0.0802 e. The van der Waals surface area contributed by atoms with Gasteiger partial charge in [-0.3, -0.25) is 0 Å². The summed E-state index contributed by atoms with van der Waals surface area (Å²) in [4.78, 5) is 0. The van der Waals surface area contributed by atoms with Crippen molar-refractivity contribution in [3.8, 4) is 0 Å². The van der Waals surface area contributed by atoms with Crippen molar-refractivity contribution in [1.82, 2.24) is 0 Å². The Labute approximate surface area is 104 Å². The van der Waals surface area contributed by atoms with E-state index < -0.39 is 12.2 Å². The molecule has 2 heteroatoms. The maximum atomic E-state index is 9.67. The molecule has 2 unspecified atom stereocenters. The highest BCUT2D eigenvalue weighted by molar-refractivity contribution is 5.22. The van der Waals surface area contributed by atoms with Gasteiger partial charge in [0.2, 0.25) is 0 Å². The van der Waals surface area contributed by atoms with Gasteiger partial charge in [0.1, 0.15) is 0 Å². The van der Waals surface area contributed by atoms with Crippen LogP contribution in [0.1, 0.15) is 44.2 Å². The Morgan fingerprint density at radius 3 is 1.88 bits per heavy atom. The minimum atomic E-state index is -0.602. The SMILES string of the molecule is CCCc1ccc(CCC(O)C(O)CC)cc1. The molecule has 1 aromatic carbocycles. The third-order valence-corrected chi connectivity index (χ3v) is 3.15. The van der Waals surface area contributed by atoms with Crippen molar-refractivity contribution < 1.29 is 10.2 Å². The average Bonchev–Trinajstić information content (AvgIpc) is 2.37. The lowest BCUT2D eigenvalue weighted by Gasteiger charge is -2.15. The summed E-state index contributed by atoms with van der Waals surface area (Å²) in [6.45, 7) is 4.06. The summed E-state index contributed by atoms with van der Waals surface area (Å²) >= 11 is 0. The molecule has 0 aromatic heterocycles. The first-order valence-corrected chi connectivity index (χ1v) is 6.61. The average molecular weight is 236 g/mol. The van der Waals surface area contributed by atoms with E-state index in [1.807, 2.05) is 6.92 Å². The van der Waals surface area contributed by atoms with Gasteiger partial charge in [0.05, 0.1) is 12.2 Å². The fourth-order valence-corrected chi connectivity index (χ4v) is 1.94. The highest BCUT2D eigenvalue weighted by Crippen LogP contribution is 2.11. The summed E-state index contributed by atoms with van der Waals surface area (Å²) in [6.07, 6.45) is 3.16. The number of hydrogen-bond acceptors (Lipinski definition) is 2. The number of aliphatic hydroxyl groups is 2. The Hall–Kier alpha value is -0.860. The van der Waals surface area contributed by atoms with Crippen LogP contribution in [0, 0.1) is 0 Å². The molecule has 1 aromatic rings. The molecule has 2 N–H and O–H groups in total. The summed E-state index contributed by atoms with van der Waals surface area (Å²) in [6, 6.07) is 8.55. The van der Waals surface area contributed by atoms with Crippen LogP contribution in [0.2, 0.25) is 0 Å². The van der Waals surface area contributed by atoms with Gasteiger partial charge in [-0.2, -0.15) is 0 Å². The smallest absolute Gasteiger partial charge is 0.0802 e. The van der Waals surface area contributed by atoms with Gasteiger partial charge < -0.3 is 10.2 Å². The van der Waals surface area contributed by atoms with E-state index >= 15 is 0 Å². The van der Waals surface area contributed by atoms with E-state index in [4.69, 9.17) is 0 Å². The number of aliphatic hydroxyl groups excluding tert-OH is 2. The molecule has 0 fully saturated rings. The first kappa shape index (κ1) is 14.2. The zero-order valence-corrected chi connectivity index (χ0v) is 10.9. The van der Waals surface area contributed by atoms with E-state index in [9.17, 15) is 10.2 Å². The van der Waals surface area contributed by atoms with Gasteiger partial charge in [0.15, 0.2) is 0 Å². The summed E-state index contributed by atoms with van der Waals surface area (Å²) in [5.74, 6) is 0. The van der Waals surface area contributed by atoms with Crippen LogP contribution in [0.4, 0.5) is 0 Å². The predicted octanol–water partition coefficient (Wildman–Crippen LogP) is 2.70. The van der Waals surface area contributed by atoms with E-state index in [1.54, 1.807) is 0 Å². The first-order chi connectivity index (χ1) is 8.17. The molecule has 17 heavy (non-hydrogen) atoms. The van der Waals surface area contributed by atoms with Gasteiger partial charge in [-0.1, -0.05) is 44.5 Å². The van der Waals surface area contributed by atoms with Crippen molar-refractivity contribution in [2.24, 2.45) is 0 Å². The summed E-state index contributed by atoms with van der Waals surface area (Å²) < 4.78 is 0. The Kier molecular flexibility index (Phi) is 6.23. The molecule has 0 amide bonds. The fourth-order valence-electron chi connectivity index (χ4n) is 1.94. The minimum Gasteiger partial charge on any atom is -0.390 e. The number of aryl methyl sites for hydroxylation is 2. The monoisotopic (exact) mass is 236 g/mol. The van der Waals surface area contributed by atoms with Crippen molar-refractivity contribution in [2.45, 2.75) is 58.2 Å². The van der Waals surface area contributed by atoms with Crippen LogP contribution in [0.3, 0.4) is 0 Å². The second-order valence-electron chi connectivity index (χ2n) is 4.65. The molecule has 0 radical (unpaired) electrons. The highest BCUT2D eigenvalue weighted by atomic mass is 16.3. The van der Waals surface area contributed by atoms with Crippen LogP contribution in [0.15, 0.2) is 24.3 Å². The van der Waals surface area contributed by atoms with Gasteiger partial charge >= 0.3 is 0 Å². The van der Waals surface area contributed by atoms with Crippen LogP contribution in [-0.2, 0) is 12.8 Å². The summed E-state index contributed by atoms with van der Waals surface area (Å²) in [5, 5.41) is 19.1. The molecule has 2 atom stereocenters. The molecule has 0 aliphatic rings. The van der Waals surface area contributed by atoms with Gasteiger partial charge in [0.25, 0.3) is 0 Å².